The molecule has 2 aromatic carbocycles. The first kappa shape index (κ1) is 14.8. The number of nitrogens with one attached hydrogen (secondary N) is 1. The number of nitrogen functional groups attached to an aromatic ring is 1. The van der Waals surface area contributed by atoms with Crippen LogP contribution in [-0.4, -0.2) is 8.42 Å². The topological polar surface area (TPSA) is 98.2 Å². The van der Waals surface area contributed by atoms with Crippen molar-refractivity contribution < 1.29 is 8.42 Å². The van der Waals surface area contributed by atoms with E-state index in [0.717, 1.165) is 15.7 Å². The standard InChI is InChI=1S/C13H14BrN3O2S/c14-10-3-1-9(2-4-10)8-17-11-5-6-13(12(15)7-11)20(16,18)19/h1-7,17H,8,15H2,(H2,16,18,19). The number of benzene rings is 2. The lowest BCUT2D eigenvalue weighted by atomic mass is 10.2. The van der Waals surface area contributed by atoms with Gasteiger partial charge in [0.25, 0.3) is 0 Å². The van der Waals surface area contributed by atoms with Crippen molar-refractivity contribution in [2.24, 2.45) is 5.14 Å². The van der Waals surface area contributed by atoms with Gasteiger partial charge in [-0.2, -0.15) is 0 Å². The Morgan fingerprint density at radius 2 is 1.75 bits per heavy atom. The molecule has 0 aliphatic carbocycles. The van der Waals surface area contributed by atoms with Crippen LogP contribution in [0.3, 0.4) is 0 Å². The molecule has 20 heavy (non-hydrogen) atoms. The molecule has 7 heteroatoms. The zero-order valence-corrected chi connectivity index (χ0v) is 12.9. The van der Waals surface area contributed by atoms with Gasteiger partial charge < -0.3 is 11.1 Å². The van der Waals surface area contributed by atoms with Crippen LogP contribution < -0.4 is 16.2 Å². The third kappa shape index (κ3) is 3.72. The molecule has 0 aromatic heterocycles. The summed E-state index contributed by atoms with van der Waals surface area (Å²) in [6.45, 7) is 0.613. The maximum atomic E-state index is 11.2. The molecule has 2 rings (SSSR count). The van der Waals surface area contributed by atoms with Gasteiger partial charge in [-0.05, 0) is 35.9 Å². The van der Waals surface area contributed by atoms with Crippen molar-refractivity contribution in [1.82, 2.24) is 0 Å². The summed E-state index contributed by atoms with van der Waals surface area (Å²) >= 11 is 3.37. The fourth-order valence-corrected chi connectivity index (χ4v) is 2.63. The second-order valence-electron chi connectivity index (χ2n) is 4.28. The third-order valence-electron chi connectivity index (χ3n) is 2.73. The van der Waals surface area contributed by atoms with Crippen LogP contribution in [0.1, 0.15) is 5.56 Å². The van der Waals surface area contributed by atoms with Gasteiger partial charge in [0.1, 0.15) is 4.90 Å². The van der Waals surface area contributed by atoms with Crippen LogP contribution in [0, 0.1) is 0 Å². The second kappa shape index (κ2) is 5.82. The Kier molecular flexibility index (Phi) is 4.32. The van der Waals surface area contributed by atoms with E-state index < -0.39 is 10.0 Å². The molecule has 106 valence electrons. The largest absolute Gasteiger partial charge is 0.398 e. The van der Waals surface area contributed by atoms with Gasteiger partial charge in [-0.3, -0.25) is 0 Å². The van der Waals surface area contributed by atoms with Crippen LogP contribution >= 0.6 is 15.9 Å². The Balaban J connectivity index is 2.11. The summed E-state index contributed by atoms with van der Waals surface area (Å²) in [6.07, 6.45) is 0. The van der Waals surface area contributed by atoms with E-state index in [1.807, 2.05) is 24.3 Å². The molecule has 0 bridgehead atoms. The molecular weight excluding hydrogens is 342 g/mol. The zero-order valence-electron chi connectivity index (χ0n) is 10.5. The van der Waals surface area contributed by atoms with Gasteiger partial charge in [0.15, 0.2) is 0 Å². The lowest BCUT2D eigenvalue weighted by Crippen LogP contribution is -2.14. The average molecular weight is 356 g/mol. The number of sulfonamides is 1. The van der Waals surface area contributed by atoms with Crippen LogP contribution in [0.2, 0.25) is 0 Å². The molecule has 5 nitrogen and oxygen atoms in total. The Bertz CT molecular complexity index is 715. The number of halogens is 1. The van der Waals surface area contributed by atoms with E-state index in [0.29, 0.717) is 6.54 Å². The summed E-state index contributed by atoms with van der Waals surface area (Å²) in [5, 5.41) is 8.22. The smallest absolute Gasteiger partial charge is 0.240 e. The Morgan fingerprint density at radius 1 is 1.10 bits per heavy atom. The highest BCUT2D eigenvalue weighted by Crippen LogP contribution is 2.22. The second-order valence-corrected chi connectivity index (χ2v) is 6.72. The molecule has 0 aliphatic rings. The predicted molar refractivity (Wildman–Crippen MR) is 83.7 cm³/mol. The van der Waals surface area contributed by atoms with Crippen molar-refractivity contribution in [2.45, 2.75) is 11.4 Å². The molecule has 0 fully saturated rings. The van der Waals surface area contributed by atoms with Gasteiger partial charge in [0, 0.05) is 16.7 Å². The van der Waals surface area contributed by atoms with Crippen LogP contribution in [-0.2, 0) is 16.6 Å². The van der Waals surface area contributed by atoms with Gasteiger partial charge >= 0.3 is 0 Å². The number of anilines is 2. The van der Waals surface area contributed by atoms with Crippen molar-refractivity contribution in [3.8, 4) is 0 Å². The van der Waals surface area contributed by atoms with Gasteiger partial charge in [0.05, 0.1) is 5.69 Å². The molecule has 0 aliphatic heterocycles. The van der Waals surface area contributed by atoms with Crippen molar-refractivity contribution in [3.63, 3.8) is 0 Å². The summed E-state index contributed by atoms with van der Waals surface area (Å²) in [5.41, 5.74) is 7.66. The molecular formula is C13H14BrN3O2S. The third-order valence-corrected chi connectivity index (χ3v) is 4.24. The van der Waals surface area contributed by atoms with Crippen molar-refractivity contribution in [3.05, 3.63) is 52.5 Å². The first-order chi connectivity index (χ1) is 9.36. The monoisotopic (exact) mass is 355 g/mol. The van der Waals surface area contributed by atoms with Gasteiger partial charge in [-0.15, -0.1) is 0 Å². The van der Waals surface area contributed by atoms with Crippen molar-refractivity contribution >= 4 is 37.3 Å². The summed E-state index contributed by atoms with van der Waals surface area (Å²) in [6, 6.07) is 12.5. The summed E-state index contributed by atoms with van der Waals surface area (Å²) in [7, 11) is -3.78. The van der Waals surface area contributed by atoms with Crippen LogP contribution in [0.4, 0.5) is 11.4 Å². The SMILES string of the molecule is Nc1cc(NCc2ccc(Br)cc2)ccc1S(N)(=O)=O. The molecule has 0 amide bonds. The summed E-state index contributed by atoms with van der Waals surface area (Å²) in [5.74, 6) is 0. The van der Waals surface area contributed by atoms with E-state index in [1.54, 1.807) is 12.1 Å². The van der Waals surface area contributed by atoms with Gasteiger partial charge in [0.2, 0.25) is 10.0 Å². The number of primary sulfonamides is 1. The van der Waals surface area contributed by atoms with Crippen LogP contribution in [0.25, 0.3) is 0 Å². The van der Waals surface area contributed by atoms with Crippen LogP contribution in [0.5, 0.6) is 0 Å². The minimum Gasteiger partial charge on any atom is -0.398 e. The fraction of sp³-hybridized carbons (Fsp3) is 0.0769. The summed E-state index contributed by atoms with van der Waals surface area (Å²) in [4.78, 5) is -0.0632. The molecule has 0 unspecified atom stereocenters. The number of nitrogens with two attached hydrogens (primary N) is 2. The highest BCUT2D eigenvalue weighted by molar-refractivity contribution is 9.10. The maximum absolute atomic E-state index is 11.2. The van der Waals surface area contributed by atoms with E-state index in [-0.39, 0.29) is 10.6 Å². The van der Waals surface area contributed by atoms with E-state index in [4.69, 9.17) is 10.9 Å². The molecule has 0 spiro atoms. The zero-order chi connectivity index (χ0) is 14.8. The molecule has 0 heterocycles. The van der Waals surface area contributed by atoms with Gasteiger partial charge in [-0.25, -0.2) is 13.6 Å². The molecule has 0 atom stereocenters. The number of hydrogen-bond donors (Lipinski definition) is 3. The highest BCUT2D eigenvalue weighted by atomic mass is 79.9. The molecule has 0 saturated heterocycles. The average Bonchev–Trinajstić information content (AvgIpc) is 2.36. The first-order valence-corrected chi connectivity index (χ1v) is 8.11. The van der Waals surface area contributed by atoms with Crippen molar-refractivity contribution in [2.75, 3.05) is 11.1 Å². The fourth-order valence-electron chi connectivity index (χ4n) is 1.72. The lowest BCUT2D eigenvalue weighted by Gasteiger charge is -2.09. The van der Waals surface area contributed by atoms with E-state index >= 15 is 0 Å². The minimum atomic E-state index is -3.78. The molecule has 0 saturated carbocycles. The number of hydrogen-bond acceptors (Lipinski definition) is 4. The minimum absolute atomic E-state index is 0.0632. The first-order valence-electron chi connectivity index (χ1n) is 5.77. The summed E-state index contributed by atoms with van der Waals surface area (Å²) < 4.78 is 23.5. The Hall–Kier alpha value is -1.57. The highest BCUT2D eigenvalue weighted by Gasteiger charge is 2.12. The Morgan fingerprint density at radius 3 is 2.30 bits per heavy atom. The van der Waals surface area contributed by atoms with E-state index in [2.05, 4.69) is 21.2 Å². The van der Waals surface area contributed by atoms with E-state index in [1.165, 1.54) is 6.07 Å². The lowest BCUT2D eigenvalue weighted by molar-refractivity contribution is 0.598. The molecule has 2 aromatic rings. The Labute approximate surface area is 126 Å². The van der Waals surface area contributed by atoms with Crippen molar-refractivity contribution in [1.29, 1.82) is 0 Å². The normalized spacial score (nSPS) is 11.3. The quantitative estimate of drug-likeness (QED) is 0.732. The number of rotatable bonds is 4. The maximum Gasteiger partial charge on any atom is 0.240 e. The van der Waals surface area contributed by atoms with Crippen LogP contribution in [0.15, 0.2) is 51.8 Å². The molecule has 0 radical (unpaired) electrons. The molecule has 5 N–H and O–H groups in total. The van der Waals surface area contributed by atoms with E-state index in [9.17, 15) is 8.42 Å². The van der Waals surface area contributed by atoms with Gasteiger partial charge in [-0.1, -0.05) is 28.1 Å². The predicted octanol–water partition coefficient (Wildman–Crippen LogP) is 2.29.